The number of rotatable bonds is 5. The SMILES string of the molecule is CC#CC(=O)N1CCC(c2c[nH]n3c(C(N)=O)c(-c4ccc(OC5C=CC=CC5)cc4)nc23)CC1. The molecule has 2 aliphatic rings. The summed E-state index contributed by atoms with van der Waals surface area (Å²) in [7, 11) is 0. The normalized spacial score (nSPS) is 17.9. The van der Waals surface area contributed by atoms with E-state index >= 15 is 0 Å². The van der Waals surface area contributed by atoms with Gasteiger partial charge in [0.15, 0.2) is 11.3 Å². The van der Waals surface area contributed by atoms with Crippen LogP contribution in [0.5, 0.6) is 5.75 Å². The number of benzene rings is 1. The van der Waals surface area contributed by atoms with Gasteiger partial charge >= 0.3 is 0 Å². The summed E-state index contributed by atoms with van der Waals surface area (Å²) < 4.78 is 7.67. The van der Waals surface area contributed by atoms with Crippen LogP contribution in [0.4, 0.5) is 0 Å². The van der Waals surface area contributed by atoms with Crippen LogP contribution in [0.3, 0.4) is 0 Å². The van der Waals surface area contributed by atoms with E-state index in [0.717, 1.165) is 36.1 Å². The number of allylic oxidation sites excluding steroid dienone is 2. The maximum Gasteiger partial charge on any atom is 0.298 e. The minimum absolute atomic E-state index is 0.0102. The number of amides is 2. The van der Waals surface area contributed by atoms with E-state index in [1.165, 1.54) is 0 Å². The number of aromatic amines is 1. The molecule has 0 saturated carbocycles. The number of carbonyl (C=O) groups excluding carboxylic acids is 2. The van der Waals surface area contributed by atoms with Crippen molar-refractivity contribution in [3.05, 3.63) is 66.0 Å². The number of likely N-dealkylation sites (tertiary alicyclic amines) is 1. The zero-order valence-electron chi connectivity index (χ0n) is 19.5. The van der Waals surface area contributed by atoms with Crippen LogP contribution in [-0.2, 0) is 4.79 Å². The number of H-pyrrole nitrogens is 1. The van der Waals surface area contributed by atoms with Gasteiger partial charge in [-0.15, -0.1) is 0 Å². The molecule has 0 spiro atoms. The number of aromatic nitrogens is 3. The van der Waals surface area contributed by atoms with Crippen LogP contribution in [0.1, 0.15) is 48.2 Å². The second kappa shape index (κ2) is 9.55. The van der Waals surface area contributed by atoms with Crippen molar-refractivity contribution in [2.24, 2.45) is 5.73 Å². The van der Waals surface area contributed by atoms with E-state index in [-0.39, 0.29) is 17.9 Å². The van der Waals surface area contributed by atoms with Crippen molar-refractivity contribution >= 4 is 17.5 Å². The number of carbonyl (C=O) groups is 2. The number of primary amides is 1. The lowest BCUT2D eigenvalue weighted by molar-refractivity contribution is -0.126. The molecule has 1 aromatic carbocycles. The first kappa shape index (κ1) is 22.5. The van der Waals surface area contributed by atoms with Crippen LogP contribution in [0.2, 0.25) is 0 Å². The fourth-order valence-electron chi connectivity index (χ4n) is 4.76. The van der Waals surface area contributed by atoms with Gasteiger partial charge in [0.1, 0.15) is 17.5 Å². The summed E-state index contributed by atoms with van der Waals surface area (Å²) in [5, 5.41) is 3.16. The van der Waals surface area contributed by atoms with Crippen molar-refractivity contribution in [2.45, 2.75) is 38.2 Å². The summed E-state index contributed by atoms with van der Waals surface area (Å²) in [6, 6.07) is 7.55. The molecule has 2 amide bonds. The Balaban J connectivity index is 1.40. The van der Waals surface area contributed by atoms with E-state index in [2.05, 4.69) is 23.0 Å². The van der Waals surface area contributed by atoms with Crippen LogP contribution in [0.25, 0.3) is 16.9 Å². The van der Waals surface area contributed by atoms with E-state index < -0.39 is 5.91 Å². The maximum absolute atomic E-state index is 12.4. The fraction of sp³-hybridized carbons (Fsp3) is 0.296. The van der Waals surface area contributed by atoms with Gasteiger partial charge in [-0.05, 0) is 61.9 Å². The molecule has 1 aliphatic heterocycles. The van der Waals surface area contributed by atoms with Gasteiger partial charge in [0.05, 0.1) is 0 Å². The molecule has 8 heteroatoms. The fourth-order valence-corrected chi connectivity index (χ4v) is 4.76. The minimum Gasteiger partial charge on any atom is -0.486 e. The van der Waals surface area contributed by atoms with Gasteiger partial charge < -0.3 is 15.4 Å². The molecule has 35 heavy (non-hydrogen) atoms. The second-order valence-electron chi connectivity index (χ2n) is 8.73. The topological polar surface area (TPSA) is 106 Å². The molecule has 2 aromatic heterocycles. The van der Waals surface area contributed by atoms with Crippen molar-refractivity contribution in [2.75, 3.05) is 13.1 Å². The number of fused-ring (bicyclic) bond motifs is 1. The van der Waals surface area contributed by atoms with Crippen molar-refractivity contribution in [3.63, 3.8) is 0 Å². The van der Waals surface area contributed by atoms with Crippen LogP contribution < -0.4 is 10.5 Å². The van der Waals surface area contributed by atoms with Crippen molar-refractivity contribution in [1.82, 2.24) is 19.5 Å². The second-order valence-corrected chi connectivity index (χ2v) is 8.73. The molecular weight excluding hydrogens is 442 g/mol. The number of hydrogen-bond donors (Lipinski definition) is 2. The lowest BCUT2D eigenvalue weighted by Gasteiger charge is -2.30. The minimum atomic E-state index is -0.557. The summed E-state index contributed by atoms with van der Waals surface area (Å²) in [6.45, 7) is 2.94. The molecule has 1 saturated heterocycles. The summed E-state index contributed by atoms with van der Waals surface area (Å²) in [5.41, 5.74) is 9.10. The van der Waals surface area contributed by atoms with Gasteiger partial charge in [-0.25, -0.2) is 9.50 Å². The van der Waals surface area contributed by atoms with Gasteiger partial charge in [0.25, 0.3) is 11.8 Å². The Kier molecular flexibility index (Phi) is 6.15. The number of ether oxygens (including phenoxy) is 1. The molecule has 3 heterocycles. The summed E-state index contributed by atoms with van der Waals surface area (Å²) in [5.74, 6) is 5.56. The van der Waals surface area contributed by atoms with Gasteiger partial charge in [-0.1, -0.05) is 24.1 Å². The molecule has 1 aliphatic carbocycles. The quantitative estimate of drug-likeness (QED) is 0.559. The Morgan fingerprint density at radius 3 is 2.60 bits per heavy atom. The molecule has 1 unspecified atom stereocenters. The highest BCUT2D eigenvalue weighted by molar-refractivity contribution is 5.98. The Morgan fingerprint density at radius 2 is 1.94 bits per heavy atom. The third kappa shape index (κ3) is 4.45. The molecule has 0 bridgehead atoms. The van der Waals surface area contributed by atoms with E-state index in [9.17, 15) is 9.59 Å². The number of nitrogens with one attached hydrogen (secondary N) is 1. The molecule has 3 N–H and O–H groups in total. The zero-order valence-corrected chi connectivity index (χ0v) is 19.5. The first-order valence-electron chi connectivity index (χ1n) is 11.8. The Labute approximate surface area is 203 Å². The van der Waals surface area contributed by atoms with Crippen molar-refractivity contribution in [1.29, 1.82) is 0 Å². The maximum atomic E-state index is 12.4. The lowest BCUT2D eigenvalue weighted by atomic mass is 9.91. The third-order valence-corrected chi connectivity index (χ3v) is 6.53. The van der Waals surface area contributed by atoms with Gasteiger partial charge in [-0.2, -0.15) is 0 Å². The number of nitrogens with two attached hydrogens (primary N) is 1. The van der Waals surface area contributed by atoms with Crippen LogP contribution >= 0.6 is 0 Å². The predicted octanol–water partition coefficient (Wildman–Crippen LogP) is 3.42. The number of hydrogen-bond acceptors (Lipinski definition) is 4. The number of nitrogens with zero attached hydrogens (tertiary/aromatic N) is 3. The summed E-state index contributed by atoms with van der Waals surface area (Å²) >= 11 is 0. The van der Waals surface area contributed by atoms with Crippen LogP contribution in [-0.4, -0.2) is 50.5 Å². The average Bonchev–Trinajstić information content (AvgIpc) is 3.45. The van der Waals surface area contributed by atoms with Gasteiger partial charge in [0, 0.05) is 36.8 Å². The van der Waals surface area contributed by atoms with Gasteiger partial charge in [-0.3, -0.25) is 14.7 Å². The average molecular weight is 470 g/mol. The lowest BCUT2D eigenvalue weighted by Crippen LogP contribution is -2.37. The number of piperidine rings is 1. The molecule has 178 valence electrons. The van der Waals surface area contributed by atoms with E-state index in [1.54, 1.807) is 16.3 Å². The third-order valence-electron chi connectivity index (χ3n) is 6.53. The largest absolute Gasteiger partial charge is 0.486 e. The molecule has 5 rings (SSSR count). The van der Waals surface area contributed by atoms with Crippen LogP contribution in [0, 0.1) is 11.8 Å². The summed E-state index contributed by atoms with van der Waals surface area (Å²) in [6.07, 6.45) is 12.4. The van der Waals surface area contributed by atoms with E-state index in [4.69, 9.17) is 15.5 Å². The first-order valence-corrected chi connectivity index (χ1v) is 11.8. The highest BCUT2D eigenvalue weighted by Gasteiger charge is 2.28. The zero-order chi connectivity index (χ0) is 24.4. The predicted molar refractivity (Wildman–Crippen MR) is 133 cm³/mol. The van der Waals surface area contributed by atoms with Gasteiger partial charge in [0.2, 0.25) is 0 Å². The highest BCUT2D eigenvalue weighted by Crippen LogP contribution is 2.34. The molecule has 8 nitrogen and oxygen atoms in total. The molecule has 1 fully saturated rings. The van der Waals surface area contributed by atoms with Crippen molar-refractivity contribution < 1.29 is 14.3 Å². The van der Waals surface area contributed by atoms with Crippen molar-refractivity contribution in [3.8, 4) is 28.8 Å². The Hall–Kier alpha value is -4.25. The Morgan fingerprint density at radius 1 is 1.17 bits per heavy atom. The summed E-state index contributed by atoms with van der Waals surface area (Å²) in [4.78, 5) is 31.1. The smallest absolute Gasteiger partial charge is 0.298 e. The highest BCUT2D eigenvalue weighted by atomic mass is 16.5. The Bertz CT molecular complexity index is 1380. The first-order chi connectivity index (χ1) is 17.0. The molecular formula is C27H27N5O3. The van der Waals surface area contributed by atoms with E-state index in [1.807, 2.05) is 48.7 Å². The standard InChI is InChI=1S/C27H27N5O3/c1-2-6-23(33)31-15-13-18(14-16-31)22-17-29-32-25(26(28)34)24(30-27(22)32)19-9-11-21(12-10-19)35-20-7-4-3-5-8-20/h3-5,7,9-12,17-18,20,29H,8,13-16H2,1H3,(H2,28,34). The molecule has 0 radical (unpaired) electrons. The van der Waals surface area contributed by atoms with Crippen LogP contribution in [0.15, 0.2) is 54.8 Å². The molecule has 3 aromatic rings. The monoisotopic (exact) mass is 469 g/mol. The van der Waals surface area contributed by atoms with E-state index in [0.29, 0.717) is 30.1 Å². The number of imidazole rings is 1. The molecule has 1 atom stereocenters.